The number of nitrogens with zero attached hydrogens (tertiary/aromatic N) is 2. The molecule has 0 aliphatic heterocycles. The molecule has 1 aromatic heterocycles. The van der Waals surface area contributed by atoms with Gasteiger partial charge in [0, 0.05) is 17.9 Å². The largest absolute Gasteiger partial charge is 0.416 e. The second-order valence-corrected chi connectivity index (χ2v) is 5.59. The molecule has 0 unspecified atom stereocenters. The van der Waals surface area contributed by atoms with Crippen LogP contribution in [0.4, 0.5) is 30.6 Å². The Hall–Kier alpha value is -2.31. The molecule has 0 radical (unpaired) electrons. The van der Waals surface area contributed by atoms with E-state index in [0.717, 1.165) is 30.8 Å². The van der Waals surface area contributed by atoms with Gasteiger partial charge in [-0.2, -0.15) is 18.2 Å². The summed E-state index contributed by atoms with van der Waals surface area (Å²) in [6, 6.07) is 7.01. The molecule has 122 valence electrons. The Labute approximate surface area is 132 Å². The summed E-state index contributed by atoms with van der Waals surface area (Å²) in [4.78, 5) is 8.44. The highest BCUT2D eigenvalue weighted by Gasteiger charge is 2.29. The summed E-state index contributed by atoms with van der Waals surface area (Å²) >= 11 is 0. The standard InChI is InChI=1S/C16H17F3N4/c17-16(18,19)11-5-7-13(8-6-11)22-15-20-10-9-14(23-15)21-12-3-1-2-4-12/h5-10,12H,1-4H2,(H2,20,21,22,23). The molecule has 3 rings (SSSR count). The van der Waals surface area contributed by atoms with E-state index in [2.05, 4.69) is 20.6 Å². The van der Waals surface area contributed by atoms with Crippen molar-refractivity contribution in [1.29, 1.82) is 0 Å². The lowest BCUT2D eigenvalue weighted by Gasteiger charge is -2.13. The van der Waals surface area contributed by atoms with Gasteiger partial charge in [0.2, 0.25) is 5.95 Å². The minimum atomic E-state index is -4.33. The summed E-state index contributed by atoms with van der Waals surface area (Å²) in [7, 11) is 0. The van der Waals surface area contributed by atoms with Crippen LogP contribution in [0.25, 0.3) is 0 Å². The van der Waals surface area contributed by atoms with Gasteiger partial charge in [-0.3, -0.25) is 0 Å². The van der Waals surface area contributed by atoms with Crippen molar-refractivity contribution in [2.75, 3.05) is 10.6 Å². The molecule has 7 heteroatoms. The Morgan fingerprint density at radius 1 is 1.00 bits per heavy atom. The van der Waals surface area contributed by atoms with Crippen LogP contribution >= 0.6 is 0 Å². The van der Waals surface area contributed by atoms with Gasteiger partial charge in [0.05, 0.1) is 5.56 Å². The number of benzene rings is 1. The first kappa shape index (κ1) is 15.6. The molecule has 23 heavy (non-hydrogen) atoms. The monoisotopic (exact) mass is 322 g/mol. The van der Waals surface area contributed by atoms with Crippen molar-refractivity contribution < 1.29 is 13.2 Å². The SMILES string of the molecule is FC(F)(F)c1ccc(Nc2nccc(NC3CCCC3)n2)cc1. The van der Waals surface area contributed by atoms with E-state index in [1.54, 1.807) is 12.3 Å². The molecule has 0 bridgehead atoms. The molecule has 0 spiro atoms. The fraction of sp³-hybridized carbons (Fsp3) is 0.375. The molecule has 4 nitrogen and oxygen atoms in total. The van der Waals surface area contributed by atoms with E-state index >= 15 is 0 Å². The van der Waals surface area contributed by atoms with Crippen molar-refractivity contribution in [2.45, 2.75) is 37.9 Å². The van der Waals surface area contributed by atoms with Crippen LogP contribution in [0.15, 0.2) is 36.5 Å². The van der Waals surface area contributed by atoms with E-state index in [-0.39, 0.29) is 0 Å². The van der Waals surface area contributed by atoms with Crippen molar-refractivity contribution in [3.05, 3.63) is 42.1 Å². The van der Waals surface area contributed by atoms with Crippen molar-refractivity contribution in [3.8, 4) is 0 Å². The number of nitrogens with one attached hydrogen (secondary N) is 2. The van der Waals surface area contributed by atoms with Crippen LogP contribution in [0, 0.1) is 0 Å². The molecule has 2 aromatic rings. The van der Waals surface area contributed by atoms with Gasteiger partial charge in [-0.15, -0.1) is 0 Å². The highest BCUT2D eigenvalue weighted by Crippen LogP contribution is 2.30. The van der Waals surface area contributed by atoms with Crippen LogP contribution < -0.4 is 10.6 Å². The van der Waals surface area contributed by atoms with Gasteiger partial charge in [-0.1, -0.05) is 12.8 Å². The van der Waals surface area contributed by atoms with Gasteiger partial charge in [-0.25, -0.2) is 4.98 Å². The van der Waals surface area contributed by atoms with Crippen LogP contribution in [0.1, 0.15) is 31.2 Å². The fourth-order valence-corrected chi connectivity index (χ4v) is 2.65. The third-order valence-corrected chi connectivity index (χ3v) is 3.83. The van der Waals surface area contributed by atoms with E-state index < -0.39 is 11.7 Å². The molecule has 1 aliphatic rings. The Morgan fingerprint density at radius 2 is 1.70 bits per heavy atom. The maximum Gasteiger partial charge on any atom is 0.416 e. The molecular weight excluding hydrogens is 305 g/mol. The zero-order valence-electron chi connectivity index (χ0n) is 12.4. The maximum absolute atomic E-state index is 12.5. The molecule has 1 fully saturated rings. The maximum atomic E-state index is 12.5. The zero-order valence-corrected chi connectivity index (χ0v) is 12.4. The van der Waals surface area contributed by atoms with Gasteiger partial charge in [0.1, 0.15) is 5.82 Å². The number of anilines is 3. The average Bonchev–Trinajstić information content (AvgIpc) is 3.00. The predicted octanol–water partition coefficient (Wildman–Crippen LogP) is 4.59. The summed E-state index contributed by atoms with van der Waals surface area (Å²) in [6.07, 6.45) is 1.99. The molecular formula is C16H17F3N4. The number of alkyl halides is 3. The molecule has 0 saturated heterocycles. The molecule has 1 aromatic carbocycles. The Kier molecular flexibility index (Phi) is 4.36. The van der Waals surface area contributed by atoms with E-state index in [1.807, 2.05) is 0 Å². The van der Waals surface area contributed by atoms with E-state index in [4.69, 9.17) is 0 Å². The number of hydrogen-bond acceptors (Lipinski definition) is 4. The highest BCUT2D eigenvalue weighted by atomic mass is 19.4. The topological polar surface area (TPSA) is 49.8 Å². The summed E-state index contributed by atoms with van der Waals surface area (Å²) in [5, 5.41) is 6.27. The van der Waals surface area contributed by atoms with Crippen LogP contribution in [0.5, 0.6) is 0 Å². The highest BCUT2D eigenvalue weighted by molar-refractivity contribution is 5.55. The number of aromatic nitrogens is 2. The minimum Gasteiger partial charge on any atom is -0.367 e. The minimum absolute atomic E-state index is 0.354. The van der Waals surface area contributed by atoms with Crippen LogP contribution in [-0.2, 0) is 6.18 Å². The van der Waals surface area contributed by atoms with Gasteiger partial charge in [0.25, 0.3) is 0 Å². The van der Waals surface area contributed by atoms with E-state index in [0.29, 0.717) is 17.7 Å². The normalized spacial score (nSPS) is 15.6. The van der Waals surface area contributed by atoms with Crippen LogP contribution in [0.3, 0.4) is 0 Å². The van der Waals surface area contributed by atoms with Crippen molar-refractivity contribution in [3.63, 3.8) is 0 Å². The third-order valence-electron chi connectivity index (χ3n) is 3.83. The summed E-state index contributed by atoms with van der Waals surface area (Å²) in [6.45, 7) is 0. The Morgan fingerprint density at radius 3 is 2.35 bits per heavy atom. The molecule has 2 N–H and O–H groups in total. The van der Waals surface area contributed by atoms with E-state index in [9.17, 15) is 13.2 Å². The zero-order chi connectivity index (χ0) is 16.3. The number of hydrogen-bond donors (Lipinski definition) is 2. The van der Waals surface area contributed by atoms with Gasteiger partial charge < -0.3 is 10.6 Å². The summed E-state index contributed by atoms with van der Waals surface area (Å²) < 4.78 is 37.6. The fourth-order valence-electron chi connectivity index (χ4n) is 2.65. The Bertz CT molecular complexity index is 649. The second-order valence-electron chi connectivity index (χ2n) is 5.59. The predicted molar refractivity (Wildman–Crippen MR) is 82.6 cm³/mol. The number of rotatable bonds is 4. The van der Waals surface area contributed by atoms with Crippen molar-refractivity contribution in [1.82, 2.24) is 9.97 Å². The molecule has 1 aliphatic carbocycles. The first-order valence-corrected chi connectivity index (χ1v) is 7.54. The lowest BCUT2D eigenvalue weighted by atomic mass is 10.2. The smallest absolute Gasteiger partial charge is 0.367 e. The van der Waals surface area contributed by atoms with Gasteiger partial charge in [0.15, 0.2) is 0 Å². The van der Waals surface area contributed by atoms with Crippen molar-refractivity contribution >= 4 is 17.5 Å². The third kappa shape index (κ3) is 4.12. The lowest BCUT2D eigenvalue weighted by molar-refractivity contribution is -0.137. The lowest BCUT2D eigenvalue weighted by Crippen LogP contribution is -2.15. The first-order chi connectivity index (χ1) is 11.0. The molecule has 1 saturated carbocycles. The van der Waals surface area contributed by atoms with Crippen molar-refractivity contribution in [2.24, 2.45) is 0 Å². The van der Waals surface area contributed by atoms with Crippen LogP contribution in [-0.4, -0.2) is 16.0 Å². The number of halogens is 3. The van der Waals surface area contributed by atoms with E-state index in [1.165, 1.54) is 25.0 Å². The quantitative estimate of drug-likeness (QED) is 0.864. The second kappa shape index (κ2) is 6.44. The van der Waals surface area contributed by atoms with Gasteiger partial charge in [-0.05, 0) is 43.2 Å². The average molecular weight is 322 g/mol. The molecule has 0 atom stereocenters. The summed E-state index contributed by atoms with van der Waals surface area (Å²) in [5.41, 5.74) is -0.170. The molecule has 1 heterocycles. The molecule has 0 amide bonds. The van der Waals surface area contributed by atoms with Gasteiger partial charge >= 0.3 is 6.18 Å². The Balaban J connectivity index is 1.67. The van der Waals surface area contributed by atoms with Crippen LogP contribution in [0.2, 0.25) is 0 Å². The first-order valence-electron chi connectivity index (χ1n) is 7.54. The summed E-state index contributed by atoms with van der Waals surface area (Å²) in [5.74, 6) is 1.08.